The molecule has 1 atom stereocenters. The second kappa shape index (κ2) is 4.33. The van der Waals surface area contributed by atoms with Gasteiger partial charge in [-0.15, -0.1) is 0 Å². The number of rotatable bonds is 4. The number of methoxy groups -OCH3 is 1. The molecule has 0 aromatic rings. The molecule has 0 radical (unpaired) electrons. The highest BCUT2D eigenvalue weighted by Gasteiger charge is 2.42. The Morgan fingerprint density at radius 3 is 2.71 bits per heavy atom. The first-order chi connectivity index (χ1) is 6.55. The van der Waals surface area contributed by atoms with Gasteiger partial charge in [-0.2, -0.15) is 0 Å². The van der Waals surface area contributed by atoms with E-state index in [0.29, 0.717) is 11.3 Å². The van der Waals surface area contributed by atoms with Gasteiger partial charge in [-0.1, -0.05) is 11.8 Å². The summed E-state index contributed by atoms with van der Waals surface area (Å²) < 4.78 is 9.41. The Balaban J connectivity index is 2.88. The minimum Gasteiger partial charge on any atom is -0.470 e. The quantitative estimate of drug-likeness (QED) is 0.711. The summed E-state index contributed by atoms with van der Waals surface area (Å²) in [6.07, 6.45) is 0. The van der Waals surface area contributed by atoms with Crippen molar-refractivity contribution in [3.05, 3.63) is 11.3 Å². The molecule has 4 nitrogen and oxygen atoms in total. The zero-order valence-corrected chi connectivity index (χ0v) is 9.31. The fourth-order valence-electron chi connectivity index (χ4n) is 1.30. The van der Waals surface area contributed by atoms with E-state index in [1.165, 1.54) is 7.11 Å². The fraction of sp³-hybridized carbons (Fsp3) is 0.667. The predicted molar refractivity (Wildman–Crippen MR) is 53.7 cm³/mol. The third-order valence-corrected chi connectivity index (χ3v) is 3.32. The molecule has 1 rings (SSSR count). The molecule has 1 N–H and O–H groups in total. The van der Waals surface area contributed by atoms with Gasteiger partial charge in [0.05, 0.1) is 6.61 Å². The maximum Gasteiger partial charge on any atom is 0.219 e. The van der Waals surface area contributed by atoms with Gasteiger partial charge in [-0.25, -0.2) is 0 Å². The van der Waals surface area contributed by atoms with Crippen LogP contribution in [0.5, 0.6) is 0 Å². The number of thioether (sulfide) groups is 1. The van der Waals surface area contributed by atoms with Crippen molar-refractivity contribution < 1.29 is 19.4 Å². The molecule has 1 aliphatic rings. The van der Waals surface area contributed by atoms with Crippen LogP contribution in [-0.2, 0) is 14.3 Å². The van der Waals surface area contributed by atoms with Crippen molar-refractivity contribution in [3.63, 3.8) is 0 Å². The molecule has 14 heavy (non-hydrogen) atoms. The van der Waals surface area contributed by atoms with Crippen LogP contribution in [0.2, 0.25) is 0 Å². The summed E-state index contributed by atoms with van der Waals surface area (Å²) in [5.41, 5.74) is 0.559. The summed E-state index contributed by atoms with van der Waals surface area (Å²) in [5, 5.41) is 9.15. The molecule has 0 aliphatic carbocycles. The van der Waals surface area contributed by atoms with Gasteiger partial charge in [-0.05, 0) is 13.8 Å². The van der Waals surface area contributed by atoms with E-state index in [0.717, 1.165) is 11.8 Å². The molecule has 0 saturated carbocycles. The van der Waals surface area contributed by atoms with Crippen LogP contribution in [0.1, 0.15) is 13.8 Å². The Morgan fingerprint density at radius 1 is 1.57 bits per heavy atom. The summed E-state index contributed by atoms with van der Waals surface area (Å²) in [6, 6.07) is 0. The van der Waals surface area contributed by atoms with Gasteiger partial charge in [0.2, 0.25) is 5.12 Å². The molecular formula is C9H14O4S. The lowest BCUT2D eigenvalue weighted by atomic mass is 10.1. The SMILES string of the molecule is COCOC1=C(C)C(=O)SC1(C)CO. The summed E-state index contributed by atoms with van der Waals surface area (Å²) in [7, 11) is 1.51. The first-order valence-electron chi connectivity index (χ1n) is 4.22. The fourth-order valence-corrected chi connectivity index (χ4v) is 2.32. The number of carbonyl (C=O) groups excluding carboxylic acids is 1. The molecule has 0 fully saturated rings. The Bertz CT molecular complexity index is 274. The van der Waals surface area contributed by atoms with Gasteiger partial charge in [0.15, 0.2) is 6.79 Å². The monoisotopic (exact) mass is 218 g/mol. The molecule has 0 spiro atoms. The topological polar surface area (TPSA) is 55.8 Å². The van der Waals surface area contributed by atoms with Crippen LogP contribution in [0.25, 0.3) is 0 Å². The molecule has 1 unspecified atom stereocenters. The van der Waals surface area contributed by atoms with Crippen molar-refractivity contribution in [2.24, 2.45) is 0 Å². The second-order valence-corrected chi connectivity index (χ2v) is 4.76. The van der Waals surface area contributed by atoms with Gasteiger partial charge in [0.25, 0.3) is 0 Å². The first kappa shape index (κ1) is 11.6. The highest BCUT2D eigenvalue weighted by Crippen LogP contribution is 2.43. The average Bonchev–Trinajstić information content (AvgIpc) is 2.37. The molecule has 0 bridgehead atoms. The average molecular weight is 218 g/mol. The molecule has 80 valence electrons. The first-order valence-corrected chi connectivity index (χ1v) is 5.04. The minimum atomic E-state index is -0.653. The van der Waals surface area contributed by atoms with Gasteiger partial charge in [-0.3, -0.25) is 4.79 Å². The van der Waals surface area contributed by atoms with E-state index in [1.54, 1.807) is 13.8 Å². The van der Waals surface area contributed by atoms with Crippen LogP contribution in [0.15, 0.2) is 11.3 Å². The smallest absolute Gasteiger partial charge is 0.219 e. The van der Waals surface area contributed by atoms with E-state index in [4.69, 9.17) is 9.47 Å². The maximum absolute atomic E-state index is 11.4. The van der Waals surface area contributed by atoms with Crippen molar-refractivity contribution in [2.45, 2.75) is 18.6 Å². The number of aliphatic hydroxyl groups is 1. The van der Waals surface area contributed by atoms with E-state index < -0.39 is 4.75 Å². The summed E-state index contributed by atoms with van der Waals surface area (Å²) in [5.74, 6) is 0.525. The highest BCUT2D eigenvalue weighted by atomic mass is 32.2. The van der Waals surface area contributed by atoms with Gasteiger partial charge >= 0.3 is 0 Å². The molecule has 1 heterocycles. The zero-order valence-electron chi connectivity index (χ0n) is 8.49. The van der Waals surface area contributed by atoms with Crippen LogP contribution in [0, 0.1) is 0 Å². The predicted octanol–water partition coefficient (Wildman–Crippen LogP) is 0.905. The summed E-state index contributed by atoms with van der Waals surface area (Å²) in [4.78, 5) is 11.4. The van der Waals surface area contributed by atoms with Crippen molar-refractivity contribution in [1.29, 1.82) is 0 Å². The Hall–Kier alpha value is -0.520. The lowest BCUT2D eigenvalue weighted by Gasteiger charge is -2.23. The molecule has 0 aromatic heterocycles. The largest absolute Gasteiger partial charge is 0.470 e. The van der Waals surface area contributed by atoms with Crippen LogP contribution >= 0.6 is 11.8 Å². The highest BCUT2D eigenvalue weighted by molar-refractivity contribution is 8.15. The standard InChI is InChI=1S/C9H14O4S/c1-6-7(13-5-12-3)9(2,4-10)14-8(6)11/h10H,4-5H2,1-3H3. The van der Waals surface area contributed by atoms with E-state index in [-0.39, 0.29) is 18.5 Å². The van der Waals surface area contributed by atoms with E-state index >= 15 is 0 Å². The summed E-state index contributed by atoms with van der Waals surface area (Å²) >= 11 is 1.09. The Morgan fingerprint density at radius 2 is 2.21 bits per heavy atom. The van der Waals surface area contributed by atoms with Crippen LogP contribution in [0.3, 0.4) is 0 Å². The van der Waals surface area contributed by atoms with Crippen LogP contribution < -0.4 is 0 Å². The lowest BCUT2D eigenvalue weighted by Crippen LogP contribution is -2.27. The normalized spacial score (nSPS) is 27.3. The molecule has 1 aliphatic heterocycles. The minimum absolute atomic E-state index is 0.0485. The lowest BCUT2D eigenvalue weighted by molar-refractivity contribution is -0.107. The number of ether oxygens (including phenoxy) is 2. The summed E-state index contributed by atoms with van der Waals surface area (Å²) in [6.45, 7) is 3.44. The number of carbonyl (C=O) groups is 1. The molecule has 5 heteroatoms. The Labute approximate surface area is 87.3 Å². The Kier molecular flexibility index (Phi) is 3.58. The number of hydrogen-bond acceptors (Lipinski definition) is 5. The zero-order chi connectivity index (χ0) is 10.8. The van der Waals surface area contributed by atoms with Gasteiger partial charge < -0.3 is 14.6 Å². The van der Waals surface area contributed by atoms with Crippen molar-refractivity contribution >= 4 is 16.9 Å². The van der Waals surface area contributed by atoms with Crippen molar-refractivity contribution in [3.8, 4) is 0 Å². The second-order valence-electron chi connectivity index (χ2n) is 3.28. The third-order valence-electron chi connectivity index (χ3n) is 2.07. The van der Waals surface area contributed by atoms with Crippen molar-refractivity contribution in [2.75, 3.05) is 20.5 Å². The molecular weight excluding hydrogens is 204 g/mol. The molecule has 0 saturated heterocycles. The molecule has 0 amide bonds. The van der Waals surface area contributed by atoms with Crippen LogP contribution in [0.4, 0.5) is 0 Å². The van der Waals surface area contributed by atoms with Crippen LogP contribution in [-0.4, -0.2) is 35.5 Å². The van der Waals surface area contributed by atoms with E-state index in [2.05, 4.69) is 0 Å². The third kappa shape index (κ3) is 1.94. The van der Waals surface area contributed by atoms with Gasteiger partial charge in [0.1, 0.15) is 10.5 Å². The van der Waals surface area contributed by atoms with E-state index in [9.17, 15) is 9.90 Å². The number of hydrogen-bond donors (Lipinski definition) is 1. The van der Waals surface area contributed by atoms with E-state index in [1.807, 2.05) is 0 Å². The molecule has 0 aromatic carbocycles. The number of aliphatic hydroxyl groups excluding tert-OH is 1. The van der Waals surface area contributed by atoms with Gasteiger partial charge in [0, 0.05) is 12.7 Å². The maximum atomic E-state index is 11.4. The van der Waals surface area contributed by atoms with Crippen molar-refractivity contribution in [1.82, 2.24) is 0 Å².